The molecule has 1 aromatic rings. The smallest absolute Gasteiger partial charge is 0.317 e. The van der Waals surface area contributed by atoms with Gasteiger partial charge in [0.05, 0.1) is 6.54 Å². The third kappa shape index (κ3) is 4.51. The Hall–Kier alpha value is -1.26. The van der Waals surface area contributed by atoms with Crippen molar-refractivity contribution in [3.63, 3.8) is 0 Å². The number of nitrogens with one attached hydrogen (secondary N) is 1. The number of carboxylic acids is 1. The van der Waals surface area contributed by atoms with Gasteiger partial charge in [-0.25, -0.2) is 0 Å². The van der Waals surface area contributed by atoms with Crippen molar-refractivity contribution in [2.45, 2.75) is 6.92 Å². The van der Waals surface area contributed by atoms with E-state index in [1.165, 1.54) is 0 Å². The molecule has 0 saturated carbocycles. The Labute approximate surface area is 99.2 Å². The van der Waals surface area contributed by atoms with Gasteiger partial charge in [0.15, 0.2) is 0 Å². The van der Waals surface area contributed by atoms with Crippen LogP contribution in [0.2, 0.25) is 5.02 Å². The van der Waals surface area contributed by atoms with Crippen LogP contribution in [0.25, 0.3) is 0 Å². The van der Waals surface area contributed by atoms with Gasteiger partial charge in [-0.1, -0.05) is 11.6 Å². The summed E-state index contributed by atoms with van der Waals surface area (Å²) in [6, 6.07) is 5.41. The first-order valence-corrected chi connectivity index (χ1v) is 5.29. The molecule has 16 heavy (non-hydrogen) atoms. The molecule has 1 aromatic carbocycles. The number of halogens is 1. The van der Waals surface area contributed by atoms with Crippen molar-refractivity contribution in [2.24, 2.45) is 0 Å². The summed E-state index contributed by atoms with van der Waals surface area (Å²) in [7, 11) is 0. The van der Waals surface area contributed by atoms with Gasteiger partial charge in [-0.15, -0.1) is 0 Å². The van der Waals surface area contributed by atoms with Crippen LogP contribution in [0.1, 0.15) is 5.56 Å². The third-order valence-corrected chi connectivity index (χ3v) is 2.38. The van der Waals surface area contributed by atoms with Crippen LogP contribution in [0.3, 0.4) is 0 Å². The molecule has 0 fully saturated rings. The zero-order chi connectivity index (χ0) is 12.0. The van der Waals surface area contributed by atoms with Crippen LogP contribution in [-0.2, 0) is 4.79 Å². The highest BCUT2D eigenvalue weighted by atomic mass is 35.5. The first-order chi connectivity index (χ1) is 7.59. The van der Waals surface area contributed by atoms with Crippen molar-refractivity contribution < 1.29 is 14.6 Å². The van der Waals surface area contributed by atoms with Gasteiger partial charge in [0.25, 0.3) is 0 Å². The Morgan fingerprint density at radius 2 is 2.31 bits per heavy atom. The number of aryl methyl sites for hydroxylation is 1. The second-order valence-corrected chi connectivity index (χ2v) is 3.74. The number of rotatable bonds is 6. The highest BCUT2D eigenvalue weighted by molar-refractivity contribution is 6.31. The van der Waals surface area contributed by atoms with Crippen LogP contribution in [0, 0.1) is 6.92 Å². The highest BCUT2D eigenvalue weighted by Crippen LogP contribution is 2.20. The van der Waals surface area contributed by atoms with Gasteiger partial charge in [-0.05, 0) is 30.7 Å². The molecule has 0 aliphatic rings. The second-order valence-electron chi connectivity index (χ2n) is 3.33. The van der Waals surface area contributed by atoms with E-state index in [4.69, 9.17) is 21.4 Å². The number of carboxylic acid groups (broad SMARTS) is 1. The molecule has 2 N–H and O–H groups in total. The highest BCUT2D eigenvalue weighted by Gasteiger charge is 1.99. The minimum atomic E-state index is -0.873. The molecule has 0 bridgehead atoms. The van der Waals surface area contributed by atoms with Crippen LogP contribution in [-0.4, -0.2) is 30.8 Å². The summed E-state index contributed by atoms with van der Waals surface area (Å²) in [6.45, 7) is 2.77. The largest absolute Gasteiger partial charge is 0.492 e. The Kier molecular flexibility index (Phi) is 5.08. The average molecular weight is 244 g/mol. The van der Waals surface area contributed by atoms with Gasteiger partial charge >= 0.3 is 5.97 Å². The normalized spacial score (nSPS) is 10.1. The van der Waals surface area contributed by atoms with Crippen molar-refractivity contribution >= 4 is 17.6 Å². The number of hydrogen-bond acceptors (Lipinski definition) is 3. The standard InChI is InChI=1S/C11H14ClNO3/c1-8-6-9(2-3-10(8)12)16-5-4-13-7-11(14)15/h2-3,6,13H,4-5,7H2,1H3,(H,14,15). The zero-order valence-electron chi connectivity index (χ0n) is 9.00. The molecular formula is C11H14ClNO3. The van der Waals surface area contributed by atoms with Gasteiger partial charge in [0.1, 0.15) is 12.4 Å². The molecule has 1 rings (SSSR count). The summed E-state index contributed by atoms with van der Waals surface area (Å²) in [5.41, 5.74) is 0.956. The SMILES string of the molecule is Cc1cc(OCCNCC(=O)O)ccc1Cl. The molecule has 0 unspecified atom stereocenters. The molecule has 5 heteroatoms. The van der Waals surface area contributed by atoms with E-state index in [2.05, 4.69) is 5.32 Å². The molecule has 0 aromatic heterocycles. The molecule has 0 atom stereocenters. The molecule has 0 amide bonds. The monoisotopic (exact) mass is 243 g/mol. The summed E-state index contributed by atoms with van der Waals surface area (Å²) in [5, 5.41) is 11.8. The van der Waals surface area contributed by atoms with Crippen LogP contribution in [0.5, 0.6) is 5.75 Å². The van der Waals surface area contributed by atoms with Crippen LogP contribution < -0.4 is 10.1 Å². The molecule has 0 spiro atoms. The van der Waals surface area contributed by atoms with Crippen LogP contribution in [0.15, 0.2) is 18.2 Å². The molecule has 0 heterocycles. The molecule has 0 aliphatic heterocycles. The van der Waals surface area contributed by atoms with Gasteiger partial charge in [0, 0.05) is 11.6 Å². The summed E-state index contributed by atoms with van der Waals surface area (Å²) < 4.78 is 5.41. The maximum atomic E-state index is 10.2. The van der Waals surface area contributed by atoms with E-state index in [0.29, 0.717) is 18.2 Å². The molecular weight excluding hydrogens is 230 g/mol. The van der Waals surface area contributed by atoms with E-state index in [1.807, 2.05) is 13.0 Å². The van der Waals surface area contributed by atoms with E-state index in [0.717, 1.165) is 11.3 Å². The Morgan fingerprint density at radius 1 is 1.56 bits per heavy atom. The van der Waals surface area contributed by atoms with Gasteiger partial charge < -0.3 is 15.2 Å². The van der Waals surface area contributed by atoms with E-state index in [-0.39, 0.29) is 6.54 Å². The average Bonchev–Trinajstić information content (AvgIpc) is 2.22. The lowest BCUT2D eigenvalue weighted by Gasteiger charge is -2.07. The number of carbonyl (C=O) groups is 1. The number of hydrogen-bond donors (Lipinski definition) is 2. The fourth-order valence-corrected chi connectivity index (χ4v) is 1.26. The summed E-state index contributed by atoms with van der Waals surface area (Å²) >= 11 is 5.87. The van der Waals surface area contributed by atoms with Crippen molar-refractivity contribution in [2.75, 3.05) is 19.7 Å². The van der Waals surface area contributed by atoms with Crippen molar-refractivity contribution in [1.82, 2.24) is 5.32 Å². The maximum absolute atomic E-state index is 10.2. The van der Waals surface area contributed by atoms with Crippen molar-refractivity contribution in [3.05, 3.63) is 28.8 Å². The topological polar surface area (TPSA) is 58.6 Å². The van der Waals surface area contributed by atoms with Crippen molar-refractivity contribution in [3.8, 4) is 5.75 Å². The Balaban J connectivity index is 2.27. The van der Waals surface area contributed by atoms with Gasteiger partial charge in [-0.2, -0.15) is 0 Å². The zero-order valence-corrected chi connectivity index (χ0v) is 9.75. The van der Waals surface area contributed by atoms with Crippen molar-refractivity contribution in [1.29, 1.82) is 0 Å². The first kappa shape index (κ1) is 12.8. The summed E-state index contributed by atoms with van der Waals surface area (Å²) in [5.74, 6) is -0.138. The minimum Gasteiger partial charge on any atom is -0.492 e. The molecule has 4 nitrogen and oxygen atoms in total. The quantitative estimate of drug-likeness (QED) is 0.747. The minimum absolute atomic E-state index is 0.0526. The number of ether oxygens (including phenoxy) is 1. The maximum Gasteiger partial charge on any atom is 0.317 e. The lowest BCUT2D eigenvalue weighted by molar-refractivity contribution is -0.135. The van der Waals surface area contributed by atoms with E-state index < -0.39 is 5.97 Å². The third-order valence-electron chi connectivity index (χ3n) is 1.95. The Bertz CT molecular complexity index is 368. The lowest BCUT2D eigenvalue weighted by Crippen LogP contribution is -2.26. The second kappa shape index (κ2) is 6.35. The summed E-state index contributed by atoms with van der Waals surface area (Å²) in [4.78, 5) is 10.2. The number of benzene rings is 1. The molecule has 0 aliphatic carbocycles. The fourth-order valence-electron chi connectivity index (χ4n) is 1.14. The van der Waals surface area contributed by atoms with Gasteiger partial charge in [0.2, 0.25) is 0 Å². The van der Waals surface area contributed by atoms with Gasteiger partial charge in [-0.3, -0.25) is 4.79 Å². The van der Waals surface area contributed by atoms with E-state index in [1.54, 1.807) is 12.1 Å². The van der Waals surface area contributed by atoms with E-state index in [9.17, 15) is 4.79 Å². The fraction of sp³-hybridized carbons (Fsp3) is 0.364. The molecule has 0 radical (unpaired) electrons. The predicted molar refractivity (Wildman–Crippen MR) is 62.2 cm³/mol. The molecule has 0 saturated heterocycles. The van der Waals surface area contributed by atoms with E-state index >= 15 is 0 Å². The van der Waals surface area contributed by atoms with Crippen LogP contribution >= 0.6 is 11.6 Å². The molecule has 88 valence electrons. The van der Waals surface area contributed by atoms with Crippen LogP contribution in [0.4, 0.5) is 0 Å². The predicted octanol–water partition coefficient (Wildman–Crippen LogP) is 1.70. The summed E-state index contributed by atoms with van der Waals surface area (Å²) in [6.07, 6.45) is 0. The number of aliphatic carboxylic acids is 1. The first-order valence-electron chi connectivity index (χ1n) is 4.91. The Morgan fingerprint density at radius 3 is 2.94 bits per heavy atom. The lowest BCUT2D eigenvalue weighted by atomic mass is 10.2.